The van der Waals surface area contributed by atoms with Crippen LogP contribution in [0.15, 0.2) is 0 Å². The third-order valence-corrected chi connectivity index (χ3v) is 3.51. The summed E-state index contributed by atoms with van der Waals surface area (Å²) >= 11 is 1.96. The summed E-state index contributed by atoms with van der Waals surface area (Å²) in [6, 6.07) is 0. The molecule has 0 bridgehead atoms. The molecule has 1 fully saturated rings. The van der Waals surface area contributed by atoms with Crippen LogP contribution in [-0.4, -0.2) is 25.9 Å². The van der Waals surface area contributed by atoms with Crippen LogP contribution in [-0.2, 0) is 5.75 Å². The average molecular weight is 184 g/mol. The number of aromatic nitrogens is 4. The van der Waals surface area contributed by atoms with E-state index in [2.05, 4.69) is 20.6 Å². The summed E-state index contributed by atoms with van der Waals surface area (Å²) in [5.74, 6) is 1.73. The molecule has 1 aromatic rings. The van der Waals surface area contributed by atoms with Gasteiger partial charge in [0.1, 0.15) is 0 Å². The molecule has 0 atom stereocenters. The molecule has 1 N–H and O–H groups in total. The third-order valence-electron chi connectivity index (χ3n) is 2.14. The van der Waals surface area contributed by atoms with Gasteiger partial charge < -0.3 is 0 Å². The lowest BCUT2D eigenvalue weighted by molar-refractivity contribution is 0.881. The molecule has 1 aromatic heterocycles. The maximum atomic E-state index is 3.91. The minimum Gasteiger partial charge on any atom is -0.177 e. The van der Waals surface area contributed by atoms with Crippen LogP contribution < -0.4 is 0 Å². The van der Waals surface area contributed by atoms with Crippen molar-refractivity contribution < 1.29 is 0 Å². The van der Waals surface area contributed by atoms with Gasteiger partial charge in [0.05, 0.1) is 5.75 Å². The van der Waals surface area contributed by atoms with Crippen molar-refractivity contribution in [2.75, 3.05) is 0 Å². The Morgan fingerprint density at radius 1 is 1.42 bits per heavy atom. The molecule has 5 heteroatoms. The number of hydrogen-bond acceptors (Lipinski definition) is 4. The second kappa shape index (κ2) is 3.89. The van der Waals surface area contributed by atoms with Gasteiger partial charge in [0.15, 0.2) is 5.82 Å². The highest BCUT2D eigenvalue weighted by Gasteiger charge is 2.15. The van der Waals surface area contributed by atoms with E-state index in [1.165, 1.54) is 25.7 Å². The molecule has 0 saturated heterocycles. The first-order chi connectivity index (χ1) is 5.95. The van der Waals surface area contributed by atoms with E-state index in [1.807, 2.05) is 11.8 Å². The van der Waals surface area contributed by atoms with Crippen molar-refractivity contribution in [2.45, 2.75) is 36.7 Å². The van der Waals surface area contributed by atoms with E-state index in [1.54, 1.807) is 0 Å². The van der Waals surface area contributed by atoms with Gasteiger partial charge in [0.25, 0.3) is 0 Å². The van der Waals surface area contributed by atoms with Crippen molar-refractivity contribution in [3.8, 4) is 0 Å². The standard InChI is InChI=1S/C7H12N4S/c1-2-4-6(3-1)12-5-7-8-10-11-9-7/h6H,1-5H2,(H,8,9,10,11). The third kappa shape index (κ3) is 1.97. The molecule has 12 heavy (non-hydrogen) atoms. The molecule has 4 nitrogen and oxygen atoms in total. The first-order valence-electron chi connectivity index (χ1n) is 4.29. The van der Waals surface area contributed by atoms with Crippen LogP contribution in [0.3, 0.4) is 0 Å². The lowest BCUT2D eigenvalue weighted by Gasteiger charge is -2.04. The predicted molar refractivity (Wildman–Crippen MR) is 47.7 cm³/mol. The molecule has 0 unspecified atom stereocenters. The number of H-pyrrole nitrogens is 1. The Labute approximate surface area is 75.5 Å². The molecule has 0 radical (unpaired) electrons. The van der Waals surface area contributed by atoms with Gasteiger partial charge in [-0.2, -0.15) is 17.0 Å². The molecule has 1 aliphatic carbocycles. The summed E-state index contributed by atoms with van der Waals surface area (Å²) in [5, 5.41) is 14.6. The number of thioether (sulfide) groups is 1. The molecule has 0 amide bonds. The molecule has 1 heterocycles. The van der Waals surface area contributed by atoms with Gasteiger partial charge >= 0.3 is 0 Å². The first kappa shape index (κ1) is 8.04. The zero-order valence-electron chi connectivity index (χ0n) is 6.86. The monoisotopic (exact) mass is 184 g/mol. The van der Waals surface area contributed by atoms with Crippen LogP contribution in [0.2, 0.25) is 0 Å². The topological polar surface area (TPSA) is 54.5 Å². The zero-order chi connectivity index (χ0) is 8.23. The Kier molecular flexibility index (Phi) is 2.60. The van der Waals surface area contributed by atoms with E-state index >= 15 is 0 Å². The van der Waals surface area contributed by atoms with E-state index in [0.29, 0.717) is 0 Å². The molecule has 0 aromatic carbocycles. The highest BCUT2D eigenvalue weighted by Crippen LogP contribution is 2.30. The number of tetrazole rings is 1. The lowest BCUT2D eigenvalue weighted by atomic mass is 10.4. The minimum absolute atomic E-state index is 0.826. The Hall–Kier alpha value is -0.580. The van der Waals surface area contributed by atoms with Gasteiger partial charge in [-0.1, -0.05) is 18.1 Å². The lowest BCUT2D eigenvalue weighted by Crippen LogP contribution is -1.95. The molecule has 0 spiro atoms. The summed E-state index contributed by atoms with van der Waals surface area (Å²) < 4.78 is 0. The van der Waals surface area contributed by atoms with Crippen molar-refractivity contribution in [2.24, 2.45) is 0 Å². The average Bonchev–Trinajstić information content (AvgIpc) is 2.74. The van der Waals surface area contributed by atoms with Gasteiger partial charge in [-0.3, -0.25) is 0 Å². The maximum Gasteiger partial charge on any atom is 0.184 e. The second-order valence-corrected chi connectivity index (χ2v) is 4.33. The molecular weight excluding hydrogens is 172 g/mol. The summed E-state index contributed by atoms with van der Waals surface area (Å²) in [4.78, 5) is 0. The highest BCUT2D eigenvalue weighted by molar-refractivity contribution is 7.99. The Balaban J connectivity index is 1.74. The Morgan fingerprint density at radius 3 is 2.92 bits per heavy atom. The van der Waals surface area contributed by atoms with Gasteiger partial charge in [-0.15, -0.1) is 10.2 Å². The predicted octanol–water partition coefficient (Wildman–Crippen LogP) is 1.38. The largest absolute Gasteiger partial charge is 0.184 e. The van der Waals surface area contributed by atoms with Crippen LogP contribution in [0.4, 0.5) is 0 Å². The fourth-order valence-corrected chi connectivity index (χ4v) is 2.66. The fraction of sp³-hybridized carbons (Fsp3) is 0.857. The zero-order valence-corrected chi connectivity index (χ0v) is 7.68. The van der Waals surface area contributed by atoms with Crippen molar-refractivity contribution >= 4 is 11.8 Å². The minimum atomic E-state index is 0.826. The summed E-state index contributed by atoms with van der Waals surface area (Å²) in [6.07, 6.45) is 5.51. The fourth-order valence-electron chi connectivity index (χ4n) is 1.49. The maximum absolute atomic E-state index is 3.91. The Morgan fingerprint density at radius 2 is 2.25 bits per heavy atom. The van der Waals surface area contributed by atoms with Crippen LogP contribution in [0, 0.1) is 0 Å². The van der Waals surface area contributed by atoms with E-state index in [-0.39, 0.29) is 0 Å². The number of nitrogens with zero attached hydrogens (tertiary/aromatic N) is 3. The molecule has 66 valence electrons. The summed E-state index contributed by atoms with van der Waals surface area (Å²) in [6.45, 7) is 0. The smallest absolute Gasteiger partial charge is 0.177 e. The second-order valence-electron chi connectivity index (χ2n) is 3.05. The molecular formula is C7H12N4S. The molecule has 1 saturated carbocycles. The van der Waals surface area contributed by atoms with Crippen LogP contribution in [0.25, 0.3) is 0 Å². The SMILES string of the molecule is C1CCC(SCc2nn[nH]n2)C1. The molecule has 2 rings (SSSR count). The van der Waals surface area contributed by atoms with Gasteiger partial charge in [0.2, 0.25) is 0 Å². The van der Waals surface area contributed by atoms with Crippen molar-refractivity contribution in [1.29, 1.82) is 0 Å². The summed E-state index contributed by atoms with van der Waals surface area (Å²) in [7, 11) is 0. The van der Waals surface area contributed by atoms with Gasteiger partial charge in [0, 0.05) is 5.25 Å². The van der Waals surface area contributed by atoms with Gasteiger partial charge in [-0.25, -0.2) is 0 Å². The quantitative estimate of drug-likeness (QED) is 0.771. The first-order valence-corrected chi connectivity index (χ1v) is 5.34. The normalized spacial score (nSPS) is 18.7. The van der Waals surface area contributed by atoms with E-state index in [9.17, 15) is 0 Å². The molecule has 0 aliphatic heterocycles. The molecule has 1 aliphatic rings. The highest BCUT2D eigenvalue weighted by atomic mass is 32.2. The Bertz CT molecular complexity index is 217. The van der Waals surface area contributed by atoms with Gasteiger partial charge in [-0.05, 0) is 12.8 Å². The number of nitrogens with one attached hydrogen (secondary N) is 1. The van der Waals surface area contributed by atoms with Crippen molar-refractivity contribution in [3.05, 3.63) is 5.82 Å². The van der Waals surface area contributed by atoms with Crippen LogP contribution in [0.1, 0.15) is 31.5 Å². The number of aromatic amines is 1. The van der Waals surface area contributed by atoms with Crippen molar-refractivity contribution in [1.82, 2.24) is 20.6 Å². The van der Waals surface area contributed by atoms with Crippen molar-refractivity contribution in [3.63, 3.8) is 0 Å². The van der Waals surface area contributed by atoms with E-state index in [4.69, 9.17) is 0 Å². The van der Waals surface area contributed by atoms with Crippen LogP contribution in [0.5, 0.6) is 0 Å². The van der Waals surface area contributed by atoms with E-state index in [0.717, 1.165) is 16.8 Å². The number of hydrogen-bond donors (Lipinski definition) is 1. The van der Waals surface area contributed by atoms with Crippen LogP contribution >= 0.6 is 11.8 Å². The van der Waals surface area contributed by atoms with E-state index < -0.39 is 0 Å². The number of rotatable bonds is 3. The summed E-state index contributed by atoms with van der Waals surface area (Å²) in [5.41, 5.74) is 0.